The molecule has 0 saturated carbocycles. The Bertz CT molecular complexity index is 637. The van der Waals surface area contributed by atoms with Gasteiger partial charge in [0.1, 0.15) is 5.75 Å². The summed E-state index contributed by atoms with van der Waals surface area (Å²) < 4.78 is 5.07. The van der Waals surface area contributed by atoms with Gasteiger partial charge in [-0.3, -0.25) is 4.79 Å². The molecule has 0 aliphatic carbocycles. The van der Waals surface area contributed by atoms with Crippen molar-refractivity contribution in [1.29, 1.82) is 0 Å². The first-order chi connectivity index (χ1) is 10.5. The van der Waals surface area contributed by atoms with E-state index in [-0.39, 0.29) is 18.4 Å². The van der Waals surface area contributed by atoms with Crippen LogP contribution in [-0.4, -0.2) is 30.6 Å². The molecule has 0 aliphatic rings. The molecule has 6 heteroatoms. The third kappa shape index (κ3) is 3.85. The molecule has 22 heavy (non-hydrogen) atoms. The summed E-state index contributed by atoms with van der Waals surface area (Å²) in [5, 5.41) is 12.5. The molecule has 1 amide bonds. The lowest BCUT2D eigenvalue weighted by atomic mass is 10.0. The van der Waals surface area contributed by atoms with Gasteiger partial charge in [-0.05, 0) is 53.6 Å². The van der Waals surface area contributed by atoms with Crippen LogP contribution in [0.2, 0.25) is 0 Å². The highest BCUT2D eigenvalue weighted by Crippen LogP contribution is 2.24. The van der Waals surface area contributed by atoms with Crippen LogP contribution in [0.1, 0.15) is 18.4 Å². The minimum Gasteiger partial charge on any atom is -0.482 e. The minimum absolute atomic E-state index is 0.00222. The molecule has 1 N–H and O–H groups in total. The number of benzene rings is 1. The number of carboxylic acids is 1. The number of thiophene rings is 1. The summed E-state index contributed by atoms with van der Waals surface area (Å²) >= 11 is 1.57. The van der Waals surface area contributed by atoms with Crippen LogP contribution in [0.25, 0.3) is 0 Å². The smallest absolute Gasteiger partial charge is 0.341 e. The second-order valence-corrected chi connectivity index (χ2v) is 5.63. The van der Waals surface area contributed by atoms with Crippen LogP contribution in [0.3, 0.4) is 0 Å². The SMILES string of the molecule is CC(C(=O)N(C)c1ccc(OCC(=O)O)cc1)c1ccsc1. The third-order valence-corrected chi connectivity index (χ3v) is 4.03. The summed E-state index contributed by atoms with van der Waals surface area (Å²) in [7, 11) is 1.72. The van der Waals surface area contributed by atoms with Crippen LogP contribution in [0.5, 0.6) is 5.75 Å². The molecule has 0 fully saturated rings. The second kappa shape index (κ2) is 7.09. The molecule has 2 rings (SSSR count). The van der Waals surface area contributed by atoms with Gasteiger partial charge in [0.05, 0.1) is 5.92 Å². The largest absolute Gasteiger partial charge is 0.482 e. The van der Waals surface area contributed by atoms with E-state index in [4.69, 9.17) is 9.84 Å². The zero-order valence-corrected chi connectivity index (χ0v) is 13.2. The highest BCUT2D eigenvalue weighted by atomic mass is 32.1. The Labute approximate surface area is 132 Å². The average Bonchev–Trinajstić information content (AvgIpc) is 3.05. The predicted octanol–water partition coefficient (Wildman–Crippen LogP) is 2.98. The number of anilines is 1. The molecular weight excluding hydrogens is 302 g/mol. The molecule has 1 aromatic carbocycles. The quantitative estimate of drug-likeness (QED) is 0.889. The number of hydrogen-bond donors (Lipinski definition) is 1. The maximum absolute atomic E-state index is 12.5. The molecular formula is C16H17NO4S. The van der Waals surface area contributed by atoms with Crippen molar-refractivity contribution in [1.82, 2.24) is 0 Å². The number of aliphatic carboxylic acids is 1. The fourth-order valence-corrected chi connectivity index (χ4v) is 2.75. The second-order valence-electron chi connectivity index (χ2n) is 4.85. The summed E-state index contributed by atoms with van der Waals surface area (Å²) in [6, 6.07) is 8.71. The summed E-state index contributed by atoms with van der Waals surface area (Å²) in [6.45, 7) is 1.49. The first-order valence-electron chi connectivity index (χ1n) is 6.73. The maximum Gasteiger partial charge on any atom is 0.341 e. The highest BCUT2D eigenvalue weighted by molar-refractivity contribution is 7.08. The Hall–Kier alpha value is -2.34. The van der Waals surface area contributed by atoms with Gasteiger partial charge in [-0.15, -0.1) is 0 Å². The normalized spacial score (nSPS) is 11.7. The molecule has 1 atom stereocenters. The van der Waals surface area contributed by atoms with Crippen LogP contribution in [0.15, 0.2) is 41.1 Å². The zero-order chi connectivity index (χ0) is 16.1. The van der Waals surface area contributed by atoms with E-state index >= 15 is 0 Å². The van der Waals surface area contributed by atoms with E-state index in [2.05, 4.69) is 0 Å². The Morgan fingerprint density at radius 3 is 2.50 bits per heavy atom. The summed E-state index contributed by atoms with van der Waals surface area (Å²) in [6.07, 6.45) is 0. The van der Waals surface area contributed by atoms with Gasteiger partial charge >= 0.3 is 5.97 Å². The number of nitrogens with zero attached hydrogens (tertiary/aromatic N) is 1. The number of carbonyl (C=O) groups excluding carboxylic acids is 1. The first kappa shape index (κ1) is 16.0. The number of carboxylic acid groups (broad SMARTS) is 1. The van der Waals surface area contributed by atoms with Crippen molar-refractivity contribution in [2.75, 3.05) is 18.6 Å². The maximum atomic E-state index is 12.5. The van der Waals surface area contributed by atoms with Crippen LogP contribution < -0.4 is 9.64 Å². The molecule has 0 radical (unpaired) electrons. The van der Waals surface area contributed by atoms with Gasteiger partial charge in [0.15, 0.2) is 6.61 Å². The van der Waals surface area contributed by atoms with Gasteiger partial charge in [0, 0.05) is 12.7 Å². The Morgan fingerprint density at radius 1 is 1.27 bits per heavy atom. The Balaban J connectivity index is 2.04. The average molecular weight is 319 g/mol. The molecule has 1 aromatic heterocycles. The van der Waals surface area contributed by atoms with Crippen LogP contribution in [0.4, 0.5) is 5.69 Å². The van der Waals surface area contributed by atoms with E-state index in [1.807, 2.05) is 23.8 Å². The van der Waals surface area contributed by atoms with E-state index in [0.717, 1.165) is 11.3 Å². The summed E-state index contributed by atoms with van der Waals surface area (Å²) in [5.74, 6) is -0.782. The first-order valence-corrected chi connectivity index (χ1v) is 7.67. The van der Waals surface area contributed by atoms with E-state index in [1.54, 1.807) is 47.5 Å². The topological polar surface area (TPSA) is 66.8 Å². The van der Waals surface area contributed by atoms with Gasteiger partial charge in [0.25, 0.3) is 0 Å². The van der Waals surface area contributed by atoms with Crippen molar-refractivity contribution in [3.05, 3.63) is 46.7 Å². The molecule has 0 spiro atoms. The van der Waals surface area contributed by atoms with Gasteiger partial charge in [-0.2, -0.15) is 11.3 Å². The molecule has 0 saturated heterocycles. The van der Waals surface area contributed by atoms with Gasteiger partial charge in [0.2, 0.25) is 5.91 Å². The molecule has 0 aliphatic heterocycles. The van der Waals surface area contributed by atoms with Crippen LogP contribution in [0, 0.1) is 0 Å². The third-order valence-electron chi connectivity index (χ3n) is 3.33. The van der Waals surface area contributed by atoms with Gasteiger partial charge < -0.3 is 14.7 Å². The zero-order valence-electron chi connectivity index (χ0n) is 12.4. The number of likely N-dealkylation sites (N-methyl/N-ethyl adjacent to an activating group) is 1. The molecule has 1 unspecified atom stereocenters. The molecule has 0 bridgehead atoms. The van der Waals surface area contributed by atoms with E-state index < -0.39 is 5.97 Å². The number of amides is 1. The fourth-order valence-electron chi connectivity index (χ4n) is 1.99. The number of ether oxygens (including phenoxy) is 1. The molecule has 5 nitrogen and oxygen atoms in total. The standard InChI is InChI=1S/C16H17NO4S/c1-11(12-7-8-22-10-12)16(20)17(2)13-3-5-14(6-4-13)21-9-15(18)19/h3-8,10-11H,9H2,1-2H3,(H,18,19). The lowest BCUT2D eigenvalue weighted by Crippen LogP contribution is -2.30. The van der Waals surface area contributed by atoms with E-state index in [0.29, 0.717) is 5.75 Å². The summed E-state index contributed by atoms with van der Waals surface area (Å²) in [4.78, 5) is 24.5. The molecule has 116 valence electrons. The summed E-state index contributed by atoms with van der Waals surface area (Å²) in [5.41, 5.74) is 1.73. The van der Waals surface area contributed by atoms with Crippen molar-refractivity contribution >= 4 is 28.9 Å². The lowest BCUT2D eigenvalue weighted by molar-refractivity contribution is -0.139. The number of hydrogen-bond acceptors (Lipinski definition) is 4. The van der Waals surface area contributed by atoms with Crippen molar-refractivity contribution in [2.24, 2.45) is 0 Å². The van der Waals surface area contributed by atoms with Crippen molar-refractivity contribution < 1.29 is 19.4 Å². The molecule has 1 heterocycles. The number of carbonyl (C=O) groups is 2. The van der Waals surface area contributed by atoms with Gasteiger partial charge in [-0.25, -0.2) is 4.79 Å². The Morgan fingerprint density at radius 2 is 1.95 bits per heavy atom. The van der Waals surface area contributed by atoms with Gasteiger partial charge in [-0.1, -0.05) is 0 Å². The van der Waals surface area contributed by atoms with E-state index in [9.17, 15) is 9.59 Å². The molecule has 2 aromatic rings. The predicted molar refractivity (Wildman–Crippen MR) is 85.7 cm³/mol. The van der Waals surface area contributed by atoms with Crippen molar-refractivity contribution in [2.45, 2.75) is 12.8 Å². The van der Waals surface area contributed by atoms with Crippen molar-refractivity contribution in [3.8, 4) is 5.75 Å². The van der Waals surface area contributed by atoms with Crippen LogP contribution in [-0.2, 0) is 9.59 Å². The lowest BCUT2D eigenvalue weighted by Gasteiger charge is -2.21. The minimum atomic E-state index is -1.03. The fraction of sp³-hybridized carbons (Fsp3) is 0.250. The van der Waals surface area contributed by atoms with Crippen molar-refractivity contribution in [3.63, 3.8) is 0 Å². The van der Waals surface area contributed by atoms with Crippen LogP contribution >= 0.6 is 11.3 Å². The monoisotopic (exact) mass is 319 g/mol. The number of rotatable bonds is 6. The van der Waals surface area contributed by atoms with E-state index in [1.165, 1.54) is 0 Å². The highest BCUT2D eigenvalue weighted by Gasteiger charge is 2.20. The Kier molecular flexibility index (Phi) is 5.16.